The third-order valence-corrected chi connectivity index (χ3v) is 4.39. The summed E-state index contributed by atoms with van der Waals surface area (Å²) in [6.45, 7) is 6.29. The first-order chi connectivity index (χ1) is 11.5. The van der Waals surface area contributed by atoms with Crippen LogP contribution in [0.4, 0.5) is 4.79 Å². The number of nitrogens with two attached hydrogens (primary N) is 1. The van der Waals surface area contributed by atoms with Crippen LogP contribution in [0.2, 0.25) is 5.02 Å². The maximum Gasteiger partial charge on any atom is 0.318 e. The summed E-state index contributed by atoms with van der Waals surface area (Å²) in [7, 11) is 0. The molecule has 1 aliphatic heterocycles. The van der Waals surface area contributed by atoms with Gasteiger partial charge in [-0.15, -0.1) is 0 Å². The zero-order valence-electron chi connectivity index (χ0n) is 13.7. The third-order valence-electron chi connectivity index (χ3n) is 4.08. The van der Waals surface area contributed by atoms with Crippen molar-refractivity contribution in [2.45, 2.75) is 13.0 Å². The van der Waals surface area contributed by atoms with E-state index < -0.39 is 6.03 Å². The van der Waals surface area contributed by atoms with Gasteiger partial charge in [-0.1, -0.05) is 23.7 Å². The number of para-hydroxylation sites is 1. The van der Waals surface area contributed by atoms with Crippen molar-refractivity contribution in [2.24, 2.45) is 5.73 Å². The molecular weight excluding hydrogens is 332 g/mol. The normalized spacial score (nSPS) is 17.2. The average Bonchev–Trinajstić information content (AvgIpc) is 2.56. The smallest absolute Gasteiger partial charge is 0.318 e. The Balaban J connectivity index is 1.70. The van der Waals surface area contributed by atoms with Crippen LogP contribution in [0, 0.1) is 0 Å². The van der Waals surface area contributed by atoms with Gasteiger partial charge in [0.1, 0.15) is 12.4 Å². The fourth-order valence-electron chi connectivity index (χ4n) is 2.61. The highest BCUT2D eigenvalue weighted by atomic mass is 35.5. The Morgan fingerprint density at radius 3 is 2.58 bits per heavy atom. The highest BCUT2D eigenvalue weighted by molar-refractivity contribution is 6.32. The van der Waals surface area contributed by atoms with Gasteiger partial charge in [-0.05, 0) is 19.1 Å². The molecule has 1 unspecified atom stereocenters. The molecule has 1 aromatic rings. The van der Waals surface area contributed by atoms with Crippen LogP contribution in [0.25, 0.3) is 0 Å². The number of carbonyl (C=O) groups excluding carboxylic acids is 2. The number of hydrogen-bond acceptors (Lipinski definition) is 5. The van der Waals surface area contributed by atoms with Gasteiger partial charge in [0.15, 0.2) is 0 Å². The Kier molecular flexibility index (Phi) is 6.84. The van der Waals surface area contributed by atoms with Crippen molar-refractivity contribution in [2.75, 3.05) is 39.3 Å². The second kappa shape index (κ2) is 8.86. The van der Waals surface area contributed by atoms with Crippen molar-refractivity contribution in [1.82, 2.24) is 15.1 Å². The van der Waals surface area contributed by atoms with E-state index in [9.17, 15) is 9.59 Å². The first-order valence-electron chi connectivity index (χ1n) is 7.91. The van der Waals surface area contributed by atoms with Crippen LogP contribution < -0.4 is 15.8 Å². The van der Waals surface area contributed by atoms with E-state index in [2.05, 4.69) is 10.2 Å². The van der Waals surface area contributed by atoms with Crippen molar-refractivity contribution in [3.05, 3.63) is 29.3 Å². The van der Waals surface area contributed by atoms with Gasteiger partial charge in [-0.25, -0.2) is 4.79 Å². The molecular formula is C16H23ClN4O3. The van der Waals surface area contributed by atoms with E-state index in [0.29, 0.717) is 17.4 Å². The molecule has 0 saturated carbocycles. The first-order valence-corrected chi connectivity index (χ1v) is 8.29. The number of amides is 3. The highest BCUT2D eigenvalue weighted by Crippen LogP contribution is 2.22. The van der Waals surface area contributed by atoms with Crippen LogP contribution in [-0.2, 0) is 4.79 Å². The van der Waals surface area contributed by atoms with E-state index in [1.54, 1.807) is 13.0 Å². The van der Waals surface area contributed by atoms with Crippen molar-refractivity contribution in [3.63, 3.8) is 0 Å². The fraction of sp³-hybridized carbons (Fsp3) is 0.500. The SMILES string of the molecule is CC(C(=O)NC(N)=O)N1CCN(CCOc2ccccc2Cl)CC1. The number of hydrogen-bond donors (Lipinski definition) is 2. The minimum absolute atomic E-state index is 0.363. The lowest BCUT2D eigenvalue weighted by Crippen LogP contribution is -2.55. The van der Waals surface area contributed by atoms with Crippen LogP contribution in [0.15, 0.2) is 24.3 Å². The van der Waals surface area contributed by atoms with Gasteiger partial charge in [0.2, 0.25) is 5.91 Å². The summed E-state index contributed by atoms with van der Waals surface area (Å²) in [4.78, 5) is 26.8. The quantitative estimate of drug-likeness (QED) is 0.793. The van der Waals surface area contributed by atoms with Gasteiger partial charge in [0.25, 0.3) is 0 Å². The minimum Gasteiger partial charge on any atom is -0.491 e. The number of carbonyl (C=O) groups is 2. The maximum absolute atomic E-state index is 11.8. The Hall–Kier alpha value is -1.83. The van der Waals surface area contributed by atoms with Gasteiger partial charge in [0.05, 0.1) is 11.1 Å². The number of urea groups is 1. The van der Waals surface area contributed by atoms with E-state index in [-0.39, 0.29) is 11.9 Å². The van der Waals surface area contributed by atoms with E-state index in [0.717, 1.165) is 32.7 Å². The standard InChI is InChI=1S/C16H23ClN4O3/c1-12(15(22)19-16(18)23)21-8-6-20(7-9-21)10-11-24-14-5-3-2-4-13(14)17/h2-5,12H,6-11H2,1H3,(H3,18,19,22,23). The summed E-state index contributed by atoms with van der Waals surface area (Å²) >= 11 is 6.05. The van der Waals surface area contributed by atoms with Crippen LogP contribution in [0.5, 0.6) is 5.75 Å². The number of nitrogens with one attached hydrogen (secondary N) is 1. The zero-order chi connectivity index (χ0) is 17.5. The van der Waals surface area contributed by atoms with E-state index in [1.807, 2.05) is 23.1 Å². The molecule has 0 spiro atoms. The van der Waals surface area contributed by atoms with Gasteiger partial charge >= 0.3 is 6.03 Å². The van der Waals surface area contributed by atoms with Gasteiger partial charge in [0, 0.05) is 32.7 Å². The van der Waals surface area contributed by atoms with E-state index >= 15 is 0 Å². The fourth-order valence-corrected chi connectivity index (χ4v) is 2.80. The number of nitrogens with zero attached hydrogens (tertiary/aromatic N) is 2. The molecule has 0 radical (unpaired) electrons. The molecule has 1 heterocycles. The molecule has 8 heteroatoms. The summed E-state index contributed by atoms with van der Waals surface area (Å²) in [5.74, 6) is 0.326. The molecule has 7 nitrogen and oxygen atoms in total. The highest BCUT2D eigenvalue weighted by Gasteiger charge is 2.26. The van der Waals surface area contributed by atoms with Crippen molar-refractivity contribution in [3.8, 4) is 5.75 Å². The second-order valence-electron chi connectivity index (χ2n) is 5.69. The van der Waals surface area contributed by atoms with Crippen LogP contribution in [0.1, 0.15) is 6.92 Å². The zero-order valence-corrected chi connectivity index (χ0v) is 14.5. The predicted octanol–water partition coefficient (Wildman–Crippen LogP) is 0.920. The van der Waals surface area contributed by atoms with Crippen molar-refractivity contribution in [1.29, 1.82) is 0 Å². The second-order valence-corrected chi connectivity index (χ2v) is 6.09. The summed E-state index contributed by atoms with van der Waals surface area (Å²) in [6.07, 6.45) is 0. The van der Waals surface area contributed by atoms with Gasteiger partial charge in [-0.2, -0.15) is 0 Å². The monoisotopic (exact) mass is 354 g/mol. The number of piperazine rings is 1. The lowest BCUT2D eigenvalue weighted by Gasteiger charge is -2.37. The Morgan fingerprint density at radius 2 is 1.96 bits per heavy atom. The molecule has 3 amide bonds. The van der Waals surface area contributed by atoms with Gasteiger partial charge < -0.3 is 10.5 Å². The lowest BCUT2D eigenvalue weighted by molar-refractivity contribution is -0.125. The Morgan fingerprint density at radius 1 is 1.29 bits per heavy atom. The maximum atomic E-state index is 11.8. The average molecular weight is 355 g/mol. The van der Waals surface area contributed by atoms with E-state index in [1.165, 1.54) is 0 Å². The molecule has 0 aliphatic carbocycles. The number of ether oxygens (including phenoxy) is 1. The Bertz CT molecular complexity index is 576. The molecule has 1 aromatic carbocycles. The van der Waals surface area contributed by atoms with Crippen LogP contribution >= 0.6 is 11.6 Å². The molecule has 1 fully saturated rings. The van der Waals surface area contributed by atoms with Crippen LogP contribution in [-0.4, -0.2) is 67.1 Å². The minimum atomic E-state index is -0.817. The lowest BCUT2D eigenvalue weighted by atomic mass is 10.2. The molecule has 1 saturated heterocycles. The first kappa shape index (κ1) is 18.5. The number of imide groups is 1. The number of halogens is 1. The van der Waals surface area contributed by atoms with Crippen LogP contribution in [0.3, 0.4) is 0 Å². The summed E-state index contributed by atoms with van der Waals surface area (Å²) < 4.78 is 5.69. The number of benzene rings is 1. The summed E-state index contributed by atoms with van der Waals surface area (Å²) in [5, 5.41) is 2.73. The van der Waals surface area contributed by atoms with E-state index in [4.69, 9.17) is 22.1 Å². The summed E-state index contributed by atoms with van der Waals surface area (Å²) in [5.41, 5.74) is 4.98. The molecule has 1 aliphatic rings. The largest absolute Gasteiger partial charge is 0.491 e. The van der Waals surface area contributed by atoms with Crippen molar-refractivity contribution >= 4 is 23.5 Å². The molecule has 24 heavy (non-hydrogen) atoms. The molecule has 0 bridgehead atoms. The topological polar surface area (TPSA) is 87.9 Å². The Labute approximate surface area is 146 Å². The van der Waals surface area contributed by atoms with Gasteiger partial charge in [-0.3, -0.25) is 19.9 Å². The molecule has 1 atom stereocenters. The van der Waals surface area contributed by atoms with Crippen molar-refractivity contribution < 1.29 is 14.3 Å². The third kappa shape index (κ3) is 5.36. The number of rotatable bonds is 6. The predicted molar refractivity (Wildman–Crippen MR) is 92.1 cm³/mol. The molecule has 2 rings (SSSR count). The molecule has 0 aromatic heterocycles. The molecule has 3 N–H and O–H groups in total. The number of primary amides is 1. The summed E-state index contributed by atoms with van der Waals surface area (Å²) in [6, 6.07) is 6.21. The molecule has 132 valence electrons.